The number of phosphoric ester groups is 1. The van der Waals surface area contributed by atoms with E-state index in [0.717, 1.165) is 96.3 Å². The van der Waals surface area contributed by atoms with Gasteiger partial charge in [-0.1, -0.05) is 386 Å². The molecule has 0 aliphatic rings. The molecule has 2 unspecified atom stereocenters. The molecule has 2 atom stereocenters. The number of ether oxygens (including phenoxy) is 2. The first-order valence-corrected chi connectivity index (χ1v) is 40.9. The average molecular weight is 1320 g/mol. The highest BCUT2D eigenvalue weighted by atomic mass is 31.2. The summed E-state index contributed by atoms with van der Waals surface area (Å²) in [6.45, 7) is 3.63. The quantitative estimate of drug-likeness (QED) is 0.0264. The summed E-state index contributed by atoms with van der Waals surface area (Å²) in [5.41, 5.74) is 5.41. The first kappa shape index (κ1) is 89.7. The zero-order chi connectivity index (χ0) is 67.2. The van der Waals surface area contributed by atoms with Gasteiger partial charge in [0.05, 0.1) is 13.2 Å². The molecule has 0 bridgehead atoms. The van der Waals surface area contributed by atoms with E-state index in [2.05, 4.69) is 123 Å². The summed E-state index contributed by atoms with van der Waals surface area (Å²) in [4.78, 5) is 35.4. The van der Waals surface area contributed by atoms with Crippen molar-refractivity contribution >= 4 is 19.8 Å². The van der Waals surface area contributed by atoms with Gasteiger partial charge < -0.3 is 20.1 Å². The minimum atomic E-state index is -4.41. The number of phosphoric acid groups is 1. The molecule has 0 aromatic carbocycles. The number of nitrogens with two attached hydrogens (primary N) is 1. The predicted molar refractivity (Wildman–Crippen MR) is 404 cm³/mol. The van der Waals surface area contributed by atoms with Gasteiger partial charge in [0.25, 0.3) is 0 Å². The Kier molecular flexibility index (Phi) is 74.9. The first-order chi connectivity index (χ1) is 45.8. The Morgan fingerprint density at radius 3 is 0.882 bits per heavy atom. The third-order valence-electron chi connectivity index (χ3n) is 17.2. The number of esters is 2. The zero-order valence-corrected chi connectivity index (χ0v) is 61.6. The monoisotopic (exact) mass is 1320 g/mol. The lowest BCUT2D eigenvalue weighted by Gasteiger charge is -2.19. The van der Waals surface area contributed by atoms with E-state index in [-0.39, 0.29) is 38.6 Å². The van der Waals surface area contributed by atoms with Gasteiger partial charge in [-0.05, 0) is 83.5 Å². The van der Waals surface area contributed by atoms with E-state index in [4.69, 9.17) is 24.3 Å². The molecule has 0 aliphatic carbocycles. The van der Waals surface area contributed by atoms with Crippen LogP contribution in [-0.2, 0) is 32.7 Å². The molecule has 9 nitrogen and oxygen atoms in total. The van der Waals surface area contributed by atoms with Crippen molar-refractivity contribution in [3.05, 3.63) is 109 Å². The lowest BCUT2D eigenvalue weighted by Crippen LogP contribution is -2.29. The molecule has 538 valence electrons. The van der Waals surface area contributed by atoms with E-state index in [1.165, 1.54) is 244 Å². The van der Waals surface area contributed by atoms with Crippen LogP contribution >= 0.6 is 7.82 Å². The fraction of sp³-hybridized carbons (Fsp3) is 0.759. The Balaban J connectivity index is 3.84. The van der Waals surface area contributed by atoms with Crippen molar-refractivity contribution in [2.24, 2.45) is 5.73 Å². The van der Waals surface area contributed by atoms with Crippen LogP contribution in [0.5, 0.6) is 0 Å². The summed E-state index contributed by atoms with van der Waals surface area (Å²) in [7, 11) is -4.41. The van der Waals surface area contributed by atoms with Gasteiger partial charge in [0.15, 0.2) is 6.10 Å². The highest BCUT2D eigenvalue weighted by molar-refractivity contribution is 7.47. The topological polar surface area (TPSA) is 134 Å². The SMILES string of the molecule is CC/C=C\C/C=C\C/C=C\C/C=C\C/C=C\C/C=C\C/C=C\C/C=C\C/C=C\CCCCCC(=O)OC(COC(=O)CCCCCCCCCCCCCCCCCCCCCCCCCCCCCCCCCCCCCCCCCCC)COP(=O)(O)OCCN. The summed E-state index contributed by atoms with van der Waals surface area (Å²) in [5.74, 6) is -0.859. The molecule has 0 aliphatic heterocycles. The summed E-state index contributed by atoms with van der Waals surface area (Å²) < 4.78 is 33.2. The van der Waals surface area contributed by atoms with Crippen LogP contribution in [0.4, 0.5) is 0 Å². The van der Waals surface area contributed by atoms with Crippen LogP contribution < -0.4 is 5.73 Å². The van der Waals surface area contributed by atoms with Gasteiger partial charge in [-0.2, -0.15) is 0 Å². The van der Waals surface area contributed by atoms with Crippen LogP contribution in [0.25, 0.3) is 0 Å². The van der Waals surface area contributed by atoms with Gasteiger partial charge in [0.2, 0.25) is 0 Å². The van der Waals surface area contributed by atoms with Crippen molar-refractivity contribution < 1.29 is 37.6 Å². The van der Waals surface area contributed by atoms with E-state index >= 15 is 0 Å². The molecule has 0 heterocycles. The standard InChI is InChI=1S/C83H148NO8P/c1-3-5-7-9-11-13-15-17-19-21-23-25-27-29-31-33-35-36-37-38-39-40-41-42-43-44-46-47-49-51-53-55-57-59-61-63-65-67-69-71-73-75-82(85)89-79-81(80-91-93(87,88)90-78-77-84)92-83(86)76-74-72-70-68-66-64-62-60-58-56-54-52-50-48-45-34-32-30-28-26-24-22-20-18-16-14-12-10-8-6-4-2/h6,8,12,14,18,20,24,26,30,32,45,48,52,54,58,60,64,66,81H,3-5,7,9-11,13,15-17,19,21-23,25,27-29,31,33-44,46-47,49-51,53,55-57,59,61-63,65,67-80,84H2,1-2H3,(H,87,88)/b8-6-,14-12-,20-18-,26-24-,32-30-,48-45-,54-52-,60-58-,66-64-. The van der Waals surface area contributed by atoms with Gasteiger partial charge in [-0.25, -0.2) is 4.57 Å². The molecular formula is C83H148NO8P. The number of carbonyl (C=O) groups is 2. The lowest BCUT2D eigenvalue weighted by molar-refractivity contribution is -0.161. The van der Waals surface area contributed by atoms with Crippen LogP contribution in [0.1, 0.15) is 373 Å². The highest BCUT2D eigenvalue weighted by Crippen LogP contribution is 2.43. The van der Waals surface area contributed by atoms with E-state index in [1.54, 1.807) is 0 Å². The highest BCUT2D eigenvalue weighted by Gasteiger charge is 2.26. The fourth-order valence-electron chi connectivity index (χ4n) is 11.4. The summed E-state index contributed by atoms with van der Waals surface area (Å²) in [6.07, 6.45) is 108. The van der Waals surface area contributed by atoms with Crippen LogP contribution in [0, 0.1) is 0 Å². The fourth-order valence-corrected chi connectivity index (χ4v) is 12.2. The normalized spacial score (nSPS) is 13.5. The largest absolute Gasteiger partial charge is 0.472 e. The van der Waals surface area contributed by atoms with Crippen LogP contribution in [0.3, 0.4) is 0 Å². The van der Waals surface area contributed by atoms with Crippen molar-refractivity contribution in [3.63, 3.8) is 0 Å². The van der Waals surface area contributed by atoms with Crippen molar-refractivity contribution in [1.29, 1.82) is 0 Å². The molecule has 0 radical (unpaired) electrons. The van der Waals surface area contributed by atoms with Crippen LogP contribution in [0.2, 0.25) is 0 Å². The van der Waals surface area contributed by atoms with Crippen molar-refractivity contribution in [2.45, 2.75) is 380 Å². The molecule has 0 saturated carbocycles. The van der Waals surface area contributed by atoms with Crippen molar-refractivity contribution in [3.8, 4) is 0 Å². The lowest BCUT2D eigenvalue weighted by atomic mass is 10.0. The number of unbranched alkanes of at least 4 members (excludes halogenated alkanes) is 43. The molecule has 10 heteroatoms. The second-order valence-corrected chi connectivity index (χ2v) is 27.7. The maximum absolute atomic E-state index is 12.8. The van der Waals surface area contributed by atoms with Gasteiger partial charge in [-0.3, -0.25) is 18.6 Å². The number of rotatable bonds is 74. The third-order valence-corrected chi connectivity index (χ3v) is 18.2. The Morgan fingerprint density at radius 2 is 0.591 bits per heavy atom. The van der Waals surface area contributed by atoms with Gasteiger partial charge in [-0.15, -0.1) is 0 Å². The average Bonchev–Trinajstić information content (AvgIpc) is 3.70. The zero-order valence-electron chi connectivity index (χ0n) is 60.7. The van der Waals surface area contributed by atoms with E-state index in [0.29, 0.717) is 6.42 Å². The molecule has 93 heavy (non-hydrogen) atoms. The van der Waals surface area contributed by atoms with E-state index < -0.39 is 26.5 Å². The third kappa shape index (κ3) is 77.6. The Bertz CT molecular complexity index is 1900. The molecular weight excluding hydrogens is 1170 g/mol. The van der Waals surface area contributed by atoms with E-state index in [1.807, 2.05) is 0 Å². The molecule has 0 aromatic heterocycles. The van der Waals surface area contributed by atoms with Crippen LogP contribution in [-0.4, -0.2) is 49.3 Å². The summed E-state index contributed by atoms with van der Waals surface area (Å²) in [6, 6.07) is 0. The smallest absolute Gasteiger partial charge is 0.462 e. The van der Waals surface area contributed by atoms with Crippen molar-refractivity contribution in [1.82, 2.24) is 0 Å². The minimum absolute atomic E-state index is 0.0434. The van der Waals surface area contributed by atoms with Gasteiger partial charge >= 0.3 is 19.8 Å². The Morgan fingerprint density at radius 1 is 0.333 bits per heavy atom. The molecule has 0 spiro atoms. The minimum Gasteiger partial charge on any atom is -0.462 e. The number of hydrogen-bond donors (Lipinski definition) is 2. The molecule has 3 N–H and O–H groups in total. The molecule has 0 fully saturated rings. The first-order valence-electron chi connectivity index (χ1n) is 39.4. The Labute approximate surface area is 575 Å². The summed E-state index contributed by atoms with van der Waals surface area (Å²) in [5, 5.41) is 0. The van der Waals surface area contributed by atoms with Crippen molar-refractivity contribution in [2.75, 3.05) is 26.4 Å². The van der Waals surface area contributed by atoms with Gasteiger partial charge in [0, 0.05) is 19.4 Å². The number of hydrogen-bond acceptors (Lipinski definition) is 8. The molecule has 0 amide bonds. The number of allylic oxidation sites excluding steroid dienone is 18. The second kappa shape index (κ2) is 77.7. The van der Waals surface area contributed by atoms with Gasteiger partial charge in [0.1, 0.15) is 6.61 Å². The van der Waals surface area contributed by atoms with Crippen LogP contribution in [0.15, 0.2) is 109 Å². The maximum atomic E-state index is 12.8. The summed E-state index contributed by atoms with van der Waals surface area (Å²) >= 11 is 0. The van der Waals surface area contributed by atoms with E-state index in [9.17, 15) is 19.0 Å². The molecule has 0 saturated heterocycles. The molecule has 0 rings (SSSR count). The maximum Gasteiger partial charge on any atom is 0.472 e. The number of carbonyl (C=O) groups excluding carboxylic acids is 2. The predicted octanol–water partition coefficient (Wildman–Crippen LogP) is 26.4. The second-order valence-electron chi connectivity index (χ2n) is 26.2. The Hall–Kier alpha value is -3.33. The molecule has 0 aromatic rings.